The molecule has 1 fully saturated rings. The first-order chi connectivity index (χ1) is 46.1. The maximum absolute atomic E-state index is 14.7. The van der Waals surface area contributed by atoms with Gasteiger partial charge in [-0.05, 0) is 60.8 Å². The second-order valence-corrected chi connectivity index (χ2v) is 24.9. The summed E-state index contributed by atoms with van der Waals surface area (Å²) in [6.45, 7) is 21.4. The van der Waals surface area contributed by atoms with Gasteiger partial charge in [-0.3, -0.25) is 38.4 Å². The Kier molecular flexibility index (Phi) is 38.8. The van der Waals surface area contributed by atoms with E-state index in [1.165, 1.54) is 31.3 Å². The van der Waals surface area contributed by atoms with Crippen LogP contribution in [0.5, 0.6) is 0 Å². The predicted octanol–water partition coefficient (Wildman–Crippen LogP) is 4.08. The SMILES string of the molecule is CC[C@H](C)[C@@H](C(CC(=O)N1CCC[C@H]1[C@H](OC)[C@@H](C)C(=O)N[C@H](C)[C@@H](O)c1ccccc1)OC)N(C)C(=O)[C@@H](NC(=O)[C@H](C(C)C)N(C)C(=O)CCOCCOCCOCCOCCOCCOCCOCCOCCNC(=O)Cc1ccc(N2C(=O)C=CC2=O)cc1)C(C)C. The van der Waals surface area contributed by atoms with Gasteiger partial charge in [-0.2, -0.15) is 0 Å². The van der Waals surface area contributed by atoms with E-state index in [2.05, 4.69) is 16.0 Å². The Morgan fingerprint density at radius 1 is 0.625 bits per heavy atom. The Hall–Kier alpha value is -6.30. The van der Waals surface area contributed by atoms with Gasteiger partial charge in [0.15, 0.2) is 0 Å². The van der Waals surface area contributed by atoms with Crippen LogP contribution in [0.4, 0.5) is 5.69 Å². The summed E-state index contributed by atoms with van der Waals surface area (Å²) in [5, 5.41) is 19.7. The first-order valence-corrected chi connectivity index (χ1v) is 33.8. The number of rotatable bonds is 50. The number of benzene rings is 2. The number of ether oxygens (including phenoxy) is 10. The van der Waals surface area contributed by atoms with Crippen LogP contribution in [-0.2, 0) is 92.1 Å². The molecule has 1 unspecified atom stereocenters. The molecule has 0 aromatic heterocycles. The van der Waals surface area contributed by atoms with E-state index in [0.717, 1.165) is 10.5 Å². The number of carbonyl (C=O) groups is 8. The average Bonchev–Trinajstić information content (AvgIpc) is 1.58. The highest BCUT2D eigenvalue weighted by Gasteiger charge is 2.44. The zero-order valence-corrected chi connectivity index (χ0v) is 58.8. The first-order valence-electron chi connectivity index (χ1n) is 33.8. The molecule has 0 spiro atoms. The number of likely N-dealkylation sites (N-methyl/N-ethyl adjacent to an activating group) is 2. The molecule has 2 aliphatic rings. The molecule has 0 saturated carbocycles. The van der Waals surface area contributed by atoms with Crippen LogP contribution in [0.25, 0.3) is 0 Å². The number of imide groups is 1. The van der Waals surface area contributed by atoms with Crippen molar-refractivity contribution in [3.05, 3.63) is 77.9 Å². The van der Waals surface area contributed by atoms with Crippen molar-refractivity contribution in [2.24, 2.45) is 23.7 Å². The number of likely N-dealkylation sites (tertiary alicyclic amines) is 1. The van der Waals surface area contributed by atoms with Crippen molar-refractivity contribution in [1.29, 1.82) is 0 Å². The van der Waals surface area contributed by atoms with Crippen molar-refractivity contribution < 1.29 is 90.8 Å². The van der Waals surface area contributed by atoms with E-state index in [1.807, 2.05) is 59.7 Å². The van der Waals surface area contributed by atoms with Gasteiger partial charge >= 0.3 is 0 Å². The van der Waals surface area contributed by atoms with Gasteiger partial charge in [-0.1, -0.05) is 97.4 Å². The third-order valence-corrected chi connectivity index (χ3v) is 17.2. The highest BCUT2D eigenvalue weighted by atomic mass is 16.6. The molecule has 2 aromatic carbocycles. The van der Waals surface area contributed by atoms with Crippen LogP contribution in [0, 0.1) is 23.7 Å². The number of hydrogen-bond donors (Lipinski definition) is 4. The van der Waals surface area contributed by atoms with Crippen molar-refractivity contribution >= 4 is 52.9 Å². The van der Waals surface area contributed by atoms with E-state index in [-0.39, 0.29) is 79.8 Å². The number of anilines is 1. The molecule has 2 heterocycles. The van der Waals surface area contributed by atoms with Gasteiger partial charge < -0.3 is 83.1 Å². The number of nitrogens with zero attached hydrogens (tertiary/aromatic N) is 4. The monoisotopic (exact) mass is 1350 g/mol. The van der Waals surface area contributed by atoms with E-state index >= 15 is 0 Å². The number of amides is 8. The number of aliphatic hydroxyl groups is 1. The Morgan fingerprint density at radius 3 is 1.61 bits per heavy atom. The second-order valence-electron chi connectivity index (χ2n) is 24.9. The third kappa shape index (κ3) is 27.5. The molecule has 1 saturated heterocycles. The van der Waals surface area contributed by atoms with Gasteiger partial charge in [-0.25, -0.2) is 4.90 Å². The van der Waals surface area contributed by atoms with Crippen LogP contribution in [-0.4, -0.2) is 257 Å². The minimum Gasteiger partial charge on any atom is -0.386 e. The topological polar surface area (TPSA) is 298 Å². The molecule has 0 radical (unpaired) electrons. The minimum absolute atomic E-state index is 0.0232. The van der Waals surface area contributed by atoms with Gasteiger partial charge in [0.05, 0.1) is 173 Å². The molecule has 2 aromatic rings. The van der Waals surface area contributed by atoms with Crippen molar-refractivity contribution in [2.45, 2.75) is 142 Å². The fraction of sp³-hybridized carbons (Fsp3) is 0.686. The van der Waals surface area contributed by atoms with Gasteiger partial charge in [0, 0.05) is 53.6 Å². The molecular weight excluding hydrogens is 1240 g/mol. The summed E-state index contributed by atoms with van der Waals surface area (Å²) in [7, 11) is 6.31. The second kappa shape index (κ2) is 45.3. The van der Waals surface area contributed by atoms with Crippen molar-refractivity contribution in [3.8, 4) is 0 Å². The van der Waals surface area contributed by atoms with Crippen LogP contribution >= 0.6 is 0 Å². The van der Waals surface area contributed by atoms with Gasteiger partial charge in [0.1, 0.15) is 12.1 Å². The largest absolute Gasteiger partial charge is 0.386 e. The van der Waals surface area contributed by atoms with E-state index in [0.29, 0.717) is 136 Å². The molecule has 10 atom stereocenters. The van der Waals surface area contributed by atoms with E-state index in [1.54, 1.807) is 74.1 Å². The normalized spacial score (nSPS) is 16.8. The van der Waals surface area contributed by atoms with E-state index in [9.17, 15) is 43.5 Å². The zero-order chi connectivity index (χ0) is 70.5. The number of methoxy groups -OCH3 is 2. The standard InChI is InChI=1S/C70H111N7O19/c1-13-50(6)65(57(87-11)47-62(82)76-29-17-20-56(76)67(88-12)51(7)68(84)72-52(8)66(83)54-18-15-14-16-19-54)75(10)70(86)63(48(2)3)73-69(85)64(49(4)5)74(9)59(79)27-30-89-32-34-91-36-38-93-40-42-95-44-45-96-43-41-94-39-37-92-35-33-90-31-28-71-58(78)46-53-21-23-55(24-22-53)77-60(80)25-26-61(77)81/h14-16,18-19,21-26,48-52,56-57,63-67,83H,13,17,20,27-47H2,1-12H3,(H,71,78)(H,72,84)(H,73,85)/t50-,51+,52+,56-,57?,63-,64-,65-,66+,67+/m0/s1. The summed E-state index contributed by atoms with van der Waals surface area (Å²) in [6.07, 6.45) is 2.29. The van der Waals surface area contributed by atoms with Gasteiger partial charge in [0.25, 0.3) is 11.8 Å². The lowest BCUT2D eigenvalue weighted by Gasteiger charge is -2.41. The molecular formula is C70H111N7O19. The summed E-state index contributed by atoms with van der Waals surface area (Å²) in [4.78, 5) is 112. The summed E-state index contributed by atoms with van der Waals surface area (Å²) >= 11 is 0. The summed E-state index contributed by atoms with van der Waals surface area (Å²) in [5.74, 6) is -4.01. The number of nitrogens with one attached hydrogen (secondary N) is 3. The molecule has 26 heteroatoms. The molecule has 4 rings (SSSR count). The molecule has 2 aliphatic heterocycles. The Balaban J connectivity index is 1.03. The molecule has 4 N–H and O–H groups in total. The smallest absolute Gasteiger partial charge is 0.258 e. The fourth-order valence-electron chi connectivity index (χ4n) is 11.6. The highest BCUT2D eigenvalue weighted by Crippen LogP contribution is 2.31. The Labute approximate surface area is 568 Å². The molecule has 0 bridgehead atoms. The lowest BCUT2D eigenvalue weighted by Crippen LogP contribution is -2.60. The highest BCUT2D eigenvalue weighted by molar-refractivity contribution is 6.28. The van der Waals surface area contributed by atoms with Gasteiger partial charge in [0.2, 0.25) is 35.4 Å². The molecule has 0 aliphatic carbocycles. The number of carbonyl (C=O) groups excluding carboxylic acids is 8. The summed E-state index contributed by atoms with van der Waals surface area (Å²) in [6, 6.07) is 12.4. The maximum atomic E-state index is 14.7. The zero-order valence-electron chi connectivity index (χ0n) is 58.8. The lowest BCUT2D eigenvalue weighted by atomic mass is 9.89. The summed E-state index contributed by atoms with van der Waals surface area (Å²) in [5.41, 5.74) is 1.89. The van der Waals surface area contributed by atoms with Crippen LogP contribution in [0.1, 0.15) is 105 Å². The van der Waals surface area contributed by atoms with Crippen molar-refractivity contribution in [1.82, 2.24) is 30.7 Å². The molecule has 8 amide bonds. The molecule has 26 nitrogen and oxygen atoms in total. The molecule has 96 heavy (non-hydrogen) atoms. The quantitative estimate of drug-likeness (QED) is 0.0536. The van der Waals surface area contributed by atoms with E-state index in [4.69, 9.17) is 47.4 Å². The van der Waals surface area contributed by atoms with Crippen LogP contribution in [0.2, 0.25) is 0 Å². The third-order valence-electron chi connectivity index (χ3n) is 17.2. The lowest BCUT2D eigenvalue weighted by molar-refractivity contribution is -0.148. The fourth-order valence-corrected chi connectivity index (χ4v) is 11.6. The van der Waals surface area contributed by atoms with E-state index < -0.39 is 72.2 Å². The minimum atomic E-state index is -0.966. The van der Waals surface area contributed by atoms with Crippen molar-refractivity contribution in [3.63, 3.8) is 0 Å². The Morgan fingerprint density at radius 2 is 1.14 bits per heavy atom. The van der Waals surface area contributed by atoms with Crippen LogP contribution in [0.3, 0.4) is 0 Å². The predicted molar refractivity (Wildman–Crippen MR) is 359 cm³/mol. The molecule has 540 valence electrons. The van der Waals surface area contributed by atoms with Gasteiger partial charge in [-0.15, -0.1) is 0 Å². The van der Waals surface area contributed by atoms with Crippen LogP contribution in [0.15, 0.2) is 66.7 Å². The number of aliphatic hydroxyl groups excluding tert-OH is 1. The Bertz CT molecular complexity index is 2650. The maximum Gasteiger partial charge on any atom is 0.258 e. The van der Waals surface area contributed by atoms with Crippen molar-refractivity contribution in [2.75, 3.05) is 152 Å². The first kappa shape index (κ1) is 82.1. The summed E-state index contributed by atoms with van der Waals surface area (Å²) < 4.78 is 56.6. The number of hydrogen-bond acceptors (Lipinski definition) is 19. The average molecular weight is 1350 g/mol. The van der Waals surface area contributed by atoms with Crippen LogP contribution < -0.4 is 20.9 Å².